The minimum atomic E-state index is -2.97. The molecule has 122 valence electrons. The number of hydrogen-bond donors (Lipinski definition) is 0. The maximum absolute atomic E-state index is 12.3. The second-order valence-electron chi connectivity index (χ2n) is 6.72. The lowest BCUT2D eigenvalue weighted by Gasteiger charge is -2.28. The topological polar surface area (TPSA) is 51.2 Å². The first kappa shape index (κ1) is 17.2. The van der Waals surface area contributed by atoms with Crippen LogP contribution in [0.15, 0.2) is 30.3 Å². The molecule has 0 heterocycles. The smallest absolute Gasteiger partial charge is 0.152 e. The second-order valence-corrected chi connectivity index (χ2v) is 9.33. The van der Waals surface area contributed by atoms with Gasteiger partial charge in [-0.1, -0.05) is 30.3 Å². The highest BCUT2D eigenvalue weighted by atomic mass is 32.2. The third-order valence-corrected chi connectivity index (χ3v) is 7.08. The fourth-order valence-corrected chi connectivity index (χ4v) is 4.49. The Labute approximate surface area is 134 Å². The summed E-state index contributed by atoms with van der Waals surface area (Å²) in [6, 6.07) is 9.83. The van der Waals surface area contributed by atoms with E-state index in [-0.39, 0.29) is 22.8 Å². The molecule has 0 unspecified atom stereocenters. The molecule has 2 rings (SSSR count). The van der Waals surface area contributed by atoms with Crippen molar-refractivity contribution >= 4 is 15.6 Å². The molecule has 1 aromatic rings. The molecule has 1 fully saturated rings. The van der Waals surface area contributed by atoms with E-state index in [9.17, 15) is 13.2 Å². The molecule has 0 atom stereocenters. The van der Waals surface area contributed by atoms with Gasteiger partial charge in [0.05, 0.1) is 11.0 Å². The van der Waals surface area contributed by atoms with Crippen molar-refractivity contribution in [3.05, 3.63) is 35.9 Å². The van der Waals surface area contributed by atoms with Crippen molar-refractivity contribution in [3.8, 4) is 0 Å². The third-order valence-electron chi connectivity index (χ3n) is 4.71. The summed E-state index contributed by atoms with van der Waals surface area (Å²) in [6.07, 6.45) is 3.89. The Bertz CT molecular complexity index is 582. The van der Waals surface area contributed by atoms with Crippen LogP contribution in [-0.2, 0) is 21.1 Å². The first-order valence-electron chi connectivity index (χ1n) is 8.16. The number of carbonyl (C=O) groups excluding carboxylic acids is 1. The van der Waals surface area contributed by atoms with E-state index in [1.54, 1.807) is 13.8 Å². The summed E-state index contributed by atoms with van der Waals surface area (Å²) in [5.41, 5.74) is 1.07. The van der Waals surface area contributed by atoms with Gasteiger partial charge in [-0.3, -0.25) is 4.79 Å². The van der Waals surface area contributed by atoms with Crippen molar-refractivity contribution in [2.75, 3.05) is 5.75 Å². The summed E-state index contributed by atoms with van der Waals surface area (Å²) in [4.78, 5) is 12.3. The van der Waals surface area contributed by atoms with Crippen LogP contribution >= 0.6 is 0 Å². The van der Waals surface area contributed by atoms with Crippen LogP contribution in [0, 0.1) is 11.8 Å². The number of Topliss-reactive ketones (excluding diaryl/α,β-unsaturated/α-hetero) is 1. The zero-order chi connectivity index (χ0) is 16.2. The lowest BCUT2D eigenvalue weighted by atomic mass is 9.79. The molecule has 0 bridgehead atoms. The van der Waals surface area contributed by atoms with E-state index >= 15 is 0 Å². The second kappa shape index (κ2) is 7.40. The van der Waals surface area contributed by atoms with E-state index in [0.717, 1.165) is 31.2 Å². The van der Waals surface area contributed by atoms with Gasteiger partial charge in [-0.15, -0.1) is 0 Å². The van der Waals surface area contributed by atoms with Crippen molar-refractivity contribution in [1.82, 2.24) is 0 Å². The molecule has 3 nitrogen and oxygen atoms in total. The van der Waals surface area contributed by atoms with Gasteiger partial charge >= 0.3 is 0 Å². The Morgan fingerprint density at radius 3 is 2.23 bits per heavy atom. The Balaban J connectivity index is 1.83. The molecule has 0 aromatic heterocycles. The monoisotopic (exact) mass is 322 g/mol. The summed E-state index contributed by atoms with van der Waals surface area (Å²) >= 11 is 0. The van der Waals surface area contributed by atoms with Gasteiger partial charge in [-0.25, -0.2) is 8.42 Å². The van der Waals surface area contributed by atoms with E-state index in [0.29, 0.717) is 12.2 Å². The first-order valence-corrected chi connectivity index (χ1v) is 9.88. The van der Waals surface area contributed by atoms with Crippen molar-refractivity contribution in [3.63, 3.8) is 0 Å². The minimum absolute atomic E-state index is 0.109. The number of ketones is 1. The van der Waals surface area contributed by atoms with E-state index in [1.165, 1.54) is 0 Å². The summed E-state index contributed by atoms with van der Waals surface area (Å²) in [5.74, 6) is 0.923. The molecule has 0 saturated heterocycles. The van der Waals surface area contributed by atoms with E-state index in [4.69, 9.17) is 0 Å². The molecule has 1 aliphatic carbocycles. The average molecular weight is 322 g/mol. The molecule has 0 aliphatic heterocycles. The Hall–Kier alpha value is -1.16. The highest BCUT2D eigenvalue weighted by Gasteiger charge is 2.29. The van der Waals surface area contributed by atoms with E-state index in [1.807, 2.05) is 30.3 Å². The predicted octanol–water partition coefficient (Wildman–Crippen LogP) is 3.43. The predicted molar refractivity (Wildman–Crippen MR) is 89.5 cm³/mol. The van der Waals surface area contributed by atoms with Crippen molar-refractivity contribution in [2.45, 2.75) is 51.2 Å². The van der Waals surface area contributed by atoms with Gasteiger partial charge < -0.3 is 0 Å². The van der Waals surface area contributed by atoms with Crippen LogP contribution in [0.4, 0.5) is 0 Å². The van der Waals surface area contributed by atoms with Gasteiger partial charge in [0.1, 0.15) is 5.78 Å². The van der Waals surface area contributed by atoms with Gasteiger partial charge in [0.15, 0.2) is 9.84 Å². The standard InChI is InChI=1S/C18H26O3S/c1-14(2)22(20,21)13-16-8-10-17(11-9-16)18(19)12-15-6-4-3-5-7-15/h3-7,14,16-17H,8-13H2,1-2H3. The Morgan fingerprint density at radius 2 is 1.68 bits per heavy atom. The maximum Gasteiger partial charge on any atom is 0.152 e. The molecule has 0 N–H and O–H groups in total. The molecule has 1 saturated carbocycles. The quantitative estimate of drug-likeness (QED) is 0.806. The molecule has 0 spiro atoms. The van der Waals surface area contributed by atoms with Crippen molar-refractivity contribution < 1.29 is 13.2 Å². The summed E-state index contributed by atoms with van der Waals surface area (Å²) < 4.78 is 24.0. The molecule has 1 aromatic carbocycles. The summed E-state index contributed by atoms with van der Waals surface area (Å²) in [5, 5.41) is -0.301. The van der Waals surface area contributed by atoms with E-state index in [2.05, 4.69) is 0 Å². The molecular formula is C18H26O3S. The van der Waals surface area contributed by atoms with Crippen LogP contribution in [0.1, 0.15) is 45.1 Å². The van der Waals surface area contributed by atoms with Crippen LogP contribution in [0.25, 0.3) is 0 Å². The largest absolute Gasteiger partial charge is 0.299 e. The molecule has 4 heteroatoms. The molecule has 1 aliphatic rings. The number of rotatable bonds is 6. The molecule has 0 amide bonds. The number of benzene rings is 1. The minimum Gasteiger partial charge on any atom is -0.299 e. The average Bonchev–Trinajstić information content (AvgIpc) is 2.48. The normalized spacial score (nSPS) is 22.7. The van der Waals surface area contributed by atoms with Gasteiger partial charge in [-0.2, -0.15) is 0 Å². The van der Waals surface area contributed by atoms with Crippen LogP contribution in [-0.4, -0.2) is 25.2 Å². The molecular weight excluding hydrogens is 296 g/mol. The van der Waals surface area contributed by atoms with Gasteiger partial charge in [0.25, 0.3) is 0 Å². The first-order chi connectivity index (χ1) is 10.4. The van der Waals surface area contributed by atoms with Crippen molar-refractivity contribution in [1.29, 1.82) is 0 Å². The van der Waals surface area contributed by atoms with Gasteiger partial charge in [0, 0.05) is 12.3 Å². The van der Waals surface area contributed by atoms with Crippen LogP contribution in [0.5, 0.6) is 0 Å². The van der Waals surface area contributed by atoms with Crippen molar-refractivity contribution in [2.24, 2.45) is 11.8 Å². The summed E-state index contributed by atoms with van der Waals surface area (Å²) in [7, 11) is -2.97. The lowest BCUT2D eigenvalue weighted by molar-refractivity contribution is -0.123. The van der Waals surface area contributed by atoms with Gasteiger partial charge in [0.2, 0.25) is 0 Å². The number of sulfone groups is 1. The maximum atomic E-state index is 12.3. The van der Waals surface area contributed by atoms with Crippen LogP contribution < -0.4 is 0 Å². The fourth-order valence-electron chi connectivity index (χ4n) is 3.11. The van der Waals surface area contributed by atoms with Crippen LogP contribution in [0.2, 0.25) is 0 Å². The fraction of sp³-hybridized carbons (Fsp3) is 0.611. The van der Waals surface area contributed by atoms with E-state index < -0.39 is 9.84 Å². The third kappa shape index (κ3) is 4.67. The Kier molecular flexibility index (Phi) is 5.79. The highest BCUT2D eigenvalue weighted by molar-refractivity contribution is 7.91. The summed E-state index contributed by atoms with van der Waals surface area (Å²) in [6.45, 7) is 3.48. The van der Waals surface area contributed by atoms with Gasteiger partial charge in [-0.05, 0) is 51.0 Å². The molecule has 0 radical (unpaired) electrons. The molecule has 22 heavy (non-hydrogen) atoms. The lowest BCUT2D eigenvalue weighted by Crippen LogP contribution is -2.29. The van der Waals surface area contributed by atoms with Crippen LogP contribution in [0.3, 0.4) is 0 Å². The zero-order valence-electron chi connectivity index (χ0n) is 13.5. The zero-order valence-corrected chi connectivity index (χ0v) is 14.3. The SMILES string of the molecule is CC(C)S(=O)(=O)CC1CCC(C(=O)Cc2ccccc2)CC1. The number of hydrogen-bond acceptors (Lipinski definition) is 3. The number of carbonyl (C=O) groups is 1. The Morgan fingerprint density at radius 1 is 1.09 bits per heavy atom. The highest BCUT2D eigenvalue weighted by Crippen LogP contribution is 2.31.